The Hall–Kier alpha value is -3.30. The summed E-state index contributed by atoms with van der Waals surface area (Å²) in [6.45, 7) is 8.11. The maximum absolute atomic E-state index is 7.17. The van der Waals surface area contributed by atoms with Gasteiger partial charge in [0.15, 0.2) is 5.82 Å². The number of nitrogen functional groups attached to an aromatic ring is 1. The zero-order valence-electron chi connectivity index (χ0n) is 24.3. The molecule has 216 valence electrons. The van der Waals surface area contributed by atoms with E-state index in [1.54, 1.807) is 6.33 Å². The predicted molar refractivity (Wildman–Crippen MR) is 176 cm³/mol. The third-order valence-corrected chi connectivity index (χ3v) is 14.0. The number of fused-ring (bicyclic) bond motifs is 1. The fourth-order valence-electron chi connectivity index (χ4n) is 6.37. The summed E-state index contributed by atoms with van der Waals surface area (Å²) in [7, 11) is -2.61. The van der Waals surface area contributed by atoms with Crippen LogP contribution in [0.3, 0.4) is 0 Å². The Balaban J connectivity index is 1.24. The van der Waals surface area contributed by atoms with E-state index in [9.17, 15) is 0 Å². The minimum absolute atomic E-state index is 0.0300. The number of rotatable bonds is 7. The highest BCUT2D eigenvalue weighted by Gasteiger charge is 2.50. The maximum atomic E-state index is 7.17. The first-order valence-corrected chi connectivity index (χ1v) is 17.2. The molecule has 2 atom stereocenters. The van der Waals surface area contributed by atoms with E-state index in [1.165, 1.54) is 10.4 Å². The van der Waals surface area contributed by atoms with Crippen LogP contribution >= 0.6 is 15.9 Å². The molecule has 5 aromatic rings. The number of halogens is 1. The van der Waals surface area contributed by atoms with Gasteiger partial charge in [-0.1, -0.05) is 97.4 Å². The molecule has 0 saturated carbocycles. The molecule has 2 unspecified atom stereocenters. The van der Waals surface area contributed by atoms with Crippen LogP contribution in [0.1, 0.15) is 45.1 Å². The summed E-state index contributed by atoms with van der Waals surface area (Å²) in [5, 5.41) is 2.51. The van der Waals surface area contributed by atoms with Gasteiger partial charge in [0.1, 0.15) is 11.8 Å². The molecule has 0 radical (unpaired) electrons. The molecule has 0 spiro atoms. The van der Waals surface area contributed by atoms with Crippen LogP contribution in [0.4, 0.5) is 5.82 Å². The molecule has 2 N–H and O–H groups in total. The van der Waals surface area contributed by atoms with Gasteiger partial charge in [-0.05, 0) is 52.5 Å². The van der Waals surface area contributed by atoms with Crippen LogP contribution in [0.25, 0.3) is 16.7 Å². The summed E-state index contributed by atoms with van der Waals surface area (Å²) in [5.74, 6) is 0.685. The highest BCUT2D eigenvalue weighted by molar-refractivity contribution is 9.10. The Labute approximate surface area is 257 Å². The fraction of sp³-hybridized carbons (Fsp3) is 0.294. The third-order valence-electron chi connectivity index (χ3n) is 8.45. The van der Waals surface area contributed by atoms with Crippen LogP contribution in [-0.2, 0) is 9.16 Å². The molecule has 8 heteroatoms. The Morgan fingerprint density at radius 3 is 2.14 bits per heavy atom. The van der Waals surface area contributed by atoms with Gasteiger partial charge in [-0.15, -0.1) is 0 Å². The lowest BCUT2D eigenvalue weighted by molar-refractivity contribution is -0.0230. The largest absolute Gasteiger partial charge is 0.405 e. The van der Waals surface area contributed by atoms with Crippen molar-refractivity contribution in [3.05, 3.63) is 107 Å². The first-order valence-electron chi connectivity index (χ1n) is 14.5. The molecule has 6 rings (SSSR count). The Morgan fingerprint density at radius 2 is 1.57 bits per heavy atom. The van der Waals surface area contributed by atoms with Gasteiger partial charge < -0.3 is 19.5 Å². The number of nitrogens with zero attached hydrogens (tertiary/aromatic N) is 3. The molecule has 42 heavy (non-hydrogen) atoms. The number of nitrogens with two attached hydrogens (primary N) is 1. The SMILES string of the molecule is CC(C)(C)[Si](OCC1CCC(c2cn(-c3ccc(Br)cc3)c3c(N)ncnc23)CO1)(c1ccccc1)c1ccccc1. The van der Waals surface area contributed by atoms with Gasteiger partial charge in [-0.3, -0.25) is 0 Å². The van der Waals surface area contributed by atoms with Crippen LogP contribution in [-0.4, -0.2) is 42.2 Å². The van der Waals surface area contributed by atoms with Crippen LogP contribution in [0, 0.1) is 0 Å². The summed E-state index contributed by atoms with van der Waals surface area (Å²) < 4.78 is 16.8. The van der Waals surface area contributed by atoms with Gasteiger partial charge in [0, 0.05) is 27.8 Å². The smallest absolute Gasteiger partial charge is 0.261 e. The molecule has 0 bridgehead atoms. The van der Waals surface area contributed by atoms with Crippen LogP contribution < -0.4 is 16.1 Å². The van der Waals surface area contributed by atoms with Crippen LogP contribution in [0.15, 0.2) is 102 Å². The topological polar surface area (TPSA) is 75.2 Å². The van der Waals surface area contributed by atoms with E-state index in [1.807, 2.05) is 12.1 Å². The monoisotopic (exact) mass is 640 g/mol. The fourth-order valence-corrected chi connectivity index (χ4v) is 11.2. The Bertz CT molecular complexity index is 1610. The second-order valence-electron chi connectivity index (χ2n) is 12.1. The first-order chi connectivity index (χ1) is 20.3. The number of hydrogen-bond acceptors (Lipinski definition) is 5. The summed E-state index contributed by atoms with van der Waals surface area (Å²) in [6, 6.07) is 29.8. The van der Waals surface area contributed by atoms with Gasteiger partial charge in [-0.25, -0.2) is 9.97 Å². The second kappa shape index (κ2) is 11.8. The molecule has 1 aliphatic heterocycles. The van der Waals surface area contributed by atoms with E-state index < -0.39 is 8.32 Å². The zero-order valence-corrected chi connectivity index (χ0v) is 26.9. The van der Waals surface area contributed by atoms with Gasteiger partial charge in [0.2, 0.25) is 0 Å². The van der Waals surface area contributed by atoms with E-state index in [2.05, 4.69) is 130 Å². The molecule has 3 heterocycles. The predicted octanol–water partition coefficient (Wildman–Crippen LogP) is 6.60. The van der Waals surface area contributed by atoms with Crippen LogP contribution in [0.5, 0.6) is 0 Å². The van der Waals surface area contributed by atoms with Gasteiger partial charge >= 0.3 is 0 Å². The molecule has 6 nitrogen and oxygen atoms in total. The average molecular weight is 642 g/mol. The van der Waals surface area contributed by atoms with Crippen LogP contribution in [0.2, 0.25) is 5.04 Å². The molecule has 0 amide bonds. The van der Waals surface area contributed by atoms with Crippen molar-refractivity contribution in [2.75, 3.05) is 18.9 Å². The summed E-state index contributed by atoms with van der Waals surface area (Å²) >= 11 is 3.53. The Kier molecular flexibility index (Phi) is 8.07. The lowest BCUT2D eigenvalue weighted by Crippen LogP contribution is -2.67. The number of anilines is 1. The number of benzene rings is 3. The van der Waals surface area contributed by atoms with Gasteiger partial charge in [-0.2, -0.15) is 0 Å². The number of ether oxygens (including phenoxy) is 1. The van der Waals surface area contributed by atoms with E-state index in [0.29, 0.717) is 19.0 Å². The lowest BCUT2D eigenvalue weighted by atomic mass is 9.92. The van der Waals surface area contributed by atoms with Crippen molar-refractivity contribution in [2.24, 2.45) is 0 Å². The van der Waals surface area contributed by atoms with Crippen molar-refractivity contribution >= 4 is 51.5 Å². The van der Waals surface area contributed by atoms with Crippen molar-refractivity contribution in [2.45, 2.75) is 50.7 Å². The third kappa shape index (κ3) is 5.33. The lowest BCUT2D eigenvalue weighted by Gasteiger charge is -2.44. The van der Waals surface area contributed by atoms with E-state index in [0.717, 1.165) is 39.6 Å². The van der Waals surface area contributed by atoms with E-state index in [4.69, 9.17) is 14.9 Å². The van der Waals surface area contributed by atoms with Gasteiger partial charge in [0.05, 0.1) is 24.8 Å². The molecule has 3 aromatic carbocycles. The standard InChI is InChI=1S/C34H37BrN4O2Si/c1-34(2,3)42(28-10-6-4-7-11-28,29-12-8-5-9-13-29)41-22-27-19-14-24(21-40-27)30-20-39(26-17-15-25(35)16-18-26)32-31(30)37-23-38-33(32)36/h4-13,15-18,20,23-24,27H,14,19,21-22H2,1-3H3,(H2,36,37,38). The van der Waals surface area contributed by atoms with Crippen molar-refractivity contribution in [1.82, 2.24) is 14.5 Å². The normalized spacial score (nSPS) is 17.9. The number of aromatic nitrogens is 3. The maximum Gasteiger partial charge on any atom is 0.261 e. The Morgan fingerprint density at radius 1 is 0.929 bits per heavy atom. The molecule has 1 aliphatic rings. The van der Waals surface area contributed by atoms with E-state index >= 15 is 0 Å². The van der Waals surface area contributed by atoms with Crippen molar-refractivity contribution in [3.8, 4) is 5.69 Å². The van der Waals surface area contributed by atoms with Crippen molar-refractivity contribution in [1.29, 1.82) is 0 Å². The summed E-state index contributed by atoms with van der Waals surface area (Å²) in [5.41, 5.74) is 10.3. The summed E-state index contributed by atoms with van der Waals surface area (Å²) in [6.07, 6.45) is 5.64. The average Bonchev–Trinajstić information content (AvgIpc) is 3.40. The highest BCUT2D eigenvalue weighted by Crippen LogP contribution is 2.39. The minimum Gasteiger partial charge on any atom is -0.405 e. The minimum atomic E-state index is -2.61. The zero-order chi connectivity index (χ0) is 29.3. The first kappa shape index (κ1) is 28.8. The van der Waals surface area contributed by atoms with Crippen molar-refractivity contribution in [3.63, 3.8) is 0 Å². The molecule has 0 aliphatic carbocycles. The molecule has 1 saturated heterocycles. The second-order valence-corrected chi connectivity index (χ2v) is 17.3. The quantitative estimate of drug-likeness (QED) is 0.203. The molecular formula is C34H37BrN4O2Si. The highest BCUT2D eigenvalue weighted by atomic mass is 79.9. The van der Waals surface area contributed by atoms with Gasteiger partial charge in [0.25, 0.3) is 8.32 Å². The number of hydrogen-bond donors (Lipinski definition) is 1. The molecule has 1 fully saturated rings. The summed E-state index contributed by atoms with van der Waals surface area (Å²) in [4.78, 5) is 8.96. The molecular weight excluding hydrogens is 604 g/mol. The molecule has 2 aromatic heterocycles. The van der Waals surface area contributed by atoms with E-state index in [-0.39, 0.29) is 17.1 Å². The van der Waals surface area contributed by atoms with Crippen molar-refractivity contribution < 1.29 is 9.16 Å².